The summed E-state index contributed by atoms with van der Waals surface area (Å²) in [6.45, 7) is 4.26. The van der Waals surface area contributed by atoms with Crippen molar-refractivity contribution in [2.45, 2.75) is 20.3 Å². The van der Waals surface area contributed by atoms with Gasteiger partial charge in [-0.2, -0.15) is 0 Å². The van der Waals surface area contributed by atoms with Gasteiger partial charge in [0, 0.05) is 18.2 Å². The Labute approximate surface area is 180 Å². The Balaban J connectivity index is 1.84. The van der Waals surface area contributed by atoms with Crippen molar-refractivity contribution in [2.75, 3.05) is 11.9 Å². The number of fused-ring (bicyclic) bond motifs is 1. The number of anilines is 1. The van der Waals surface area contributed by atoms with Crippen LogP contribution in [0.2, 0.25) is 0 Å². The molecule has 0 aliphatic rings. The molecule has 0 heterocycles. The molecular weight excluding hydrogens is 392 g/mol. The number of hydrogen-bond acceptors (Lipinski definition) is 3. The van der Waals surface area contributed by atoms with Crippen LogP contribution < -0.4 is 10.6 Å². The Kier molecular flexibility index (Phi) is 6.82. The van der Waals surface area contributed by atoms with Crippen LogP contribution in [0.1, 0.15) is 46.5 Å². The quantitative estimate of drug-likeness (QED) is 0.486. The van der Waals surface area contributed by atoms with Crippen molar-refractivity contribution >= 4 is 39.8 Å². The van der Waals surface area contributed by atoms with Gasteiger partial charge >= 0.3 is 5.97 Å². The lowest BCUT2D eigenvalue weighted by atomic mass is 10.0. The molecule has 0 saturated carbocycles. The molecule has 158 valence electrons. The third-order valence-electron chi connectivity index (χ3n) is 4.86. The number of carboxylic acid groups (broad SMARTS) is 1. The number of carboxylic acids is 1. The van der Waals surface area contributed by atoms with Crippen molar-refractivity contribution in [3.05, 3.63) is 83.4 Å². The van der Waals surface area contributed by atoms with Gasteiger partial charge < -0.3 is 15.7 Å². The van der Waals surface area contributed by atoms with Crippen LogP contribution in [0.3, 0.4) is 0 Å². The van der Waals surface area contributed by atoms with Gasteiger partial charge in [-0.3, -0.25) is 9.59 Å². The third-order valence-corrected chi connectivity index (χ3v) is 4.86. The number of allylic oxidation sites excluding steroid dienone is 1. The maximum Gasteiger partial charge on any atom is 0.337 e. The average molecular weight is 416 g/mol. The molecule has 6 heteroatoms. The number of carbonyl (C=O) groups excluding carboxylic acids is 2. The monoisotopic (exact) mass is 416 g/mol. The maximum atomic E-state index is 12.6. The first kappa shape index (κ1) is 21.8. The van der Waals surface area contributed by atoms with Gasteiger partial charge in [-0.15, -0.1) is 0 Å². The Morgan fingerprint density at radius 3 is 2.35 bits per heavy atom. The van der Waals surface area contributed by atoms with Gasteiger partial charge in [0.15, 0.2) is 0 Å². The van der Waals surface area contributed by atoms with Crippen molar-refractivity contribution in [1.82, 2.24) is 5.32 Å². The average Bonchev–Trinajstić information content (AvgIpc) is 2.76. The summed E-state index contributed by atoms with van der Waals surface area (Å²) < 4.78 is 0. The standard InChI is InChI=1S/C25H24N2O4/c1-3-12-26-24(29)20-10-11-21(25(30)31)22(15-20)27-23(28)13-16(2)18-9-8-17-6-4-5-7-19(17)14-18/h4-11,13-15H,3,12H2,1-2H3,(H,26,29)(H,27,28)(H,30,31). The van der Waals surface area contributed by atoms with E-state index in [2.05, 4.69) is 10.6 Å². The number of hydrogen-bond donors (Lipinski definition) is 3. The highest BCUT2D eigenvalue weighted by atomic mass is 16.4. The van der Waals surface area contributed by atoms with Crippen molar-refractivity contribution in [3.8, 4) is 0 Å². The van der Waals surface area contributed by atoms with E-state index in [1.54, 1.807) is 0 Å². The van der Waals surface area contributed by atoms with Gasteiger partial charge in [0.25, 0.3) is 5.91 Å². The van der Waals surface area contributed by atoms with Crippen LogP contribution in [0.4, 0.5) is 5.69 Å². The third kappa shape index (κ3) is 5.36. The minimum absolute atomic E-state index is 0.0733. The van der Waals surface area contributed by atoms with E-state index in [0.29, 0.717) is 6.54 Å². The number of rotatable bonds is 7. The Morgan fingerprint density at radius 1 is 0.935 bits per heavy atom. The first-order valence-corrected chi connectivity index (χ1v) is 10.0. The van der Waals surface area contributed by atoms with Crippen molar-refractivity contribution in [2.24, 2.45) is 0 Å². The van der Waals surface area contributed by atoms with Gasteiger partial charge in [0.05, 0.1) is 11.3 Å². The second kappa shape index (κ2) is 9.71. The van der Waals surface area contributed by atoms with Gasteiger partial charge in [-0.05, 0) is 59.5 Å². The molecule has 0 aromatic heterocycles. The maximum absolute atomic E-state index is 12.6. The molecule has 31 heavy (non-hydrogen) atoms. The summed E-state index contributed by atoms with van der Waals surface area (Å²) in [5, 5.41) is 16.9. The van der Waals surface area contributed by atoms with Gasteiger partial charge in [0.2, 0.25) is 5.91 Å². The molecule has 0 aliphatic carbocycles. The molecule has 0 fully saturated rings. The molecule has 0 atom stereocenters. The van der Waals surface area contributed by atoms with E-state index >= 15 is 0 Å². The molecule has 2 amide bonds. The van der Waals surface area contributed by atoms with E-state index in [4.69, 9.17) is 0 Å². The van der Waals surface area contributed by atoms with E-state index in [1.165, 1.54) is 24.3 Å². The lowest BCUT2D eigenvalue weighted by molar-refractivity contribution is -0.111. The Bertz CT molecular complexity index is 1180. The fourth-order valence-corrected chi connectivity index (χ4v) is 3.20. The van der Waals surface area contributed by atoms with Crippen LogP contribution in [-0.4, -0.2) is 29.4 Å². The highest BCUT2D eigenvalue weighted by Crippen LogP contribution is 2.22. The van der Waals surface area contributed by atoms with Gasteiger partial charge in [-0.25, -0.2) is 4.79 Å². The van der Waals surface area contributed by atoms with E-state index in [1.807, 2.05) is 56.3 Å². The van der Waals surface area contributed by atoms with Crippen LogP contribution in [0.5, 0.6) is 0 Å². The zero-order valence-corrected chi connectivity index (χ0v) is 17.4. The van der Waals surface area contributed by atoms with Crippen molar-refractivity contribution in [1.29, 1.82) is 0 Å². The molecular formula is C25H24N2O4. The summed E-state index contributed by atoms with van der Waals surface area (Å²) >= 11 is 0. The van der Waals surface area contributed by atoms with Crippen LogP contribution in [0.15, 0.2) is 66.7 Å². The molecule has 3 N–H and O–H groups in total. The number of nitrogens with one attached hydrogen (secondary N) is 2. The second-order valence-electron chi connectivity index (χ2n) is 7.20. The van der Waals surface area contributed by atoms with Crippen LogP contribution >= 0.6 is 0 Å². The van der Waals surface area contributed by atoms with E-state index in [0.717, 1.165) is 28.3 Å². The first-order chi connectivity index (χ1) is 14.9. The van der Waals surface area contributed by atoms with Crippen LogP contribution in [-0.2, 0) is 4.79 Å². The largest absolute Gasteiger partial charge is 0.478 e. The Hall–Kier alpha value is -3.93. The zero-order valence-electron chi connectivity index (χ0n) is 17.4. The first-order valence-electron chi connectivity index (χ1n) is 10.0. The fraction of sp³-hybridized carbons (Fsp3) is 0.160. The predicted octanol–water partition coefficient (Wildman–Crippen LogP) is 4.72. The highest BCUT2D eigenvalue weighted by molar-refractivity contribution is 6.08. The predicted molar refractivity (Wildman–Crippen MR) is 122 cm³/mol. The van der Waals surface area contributed by atoms with Crippen LogP contribution in [0.25, 0.3) is 16.3 Å². The molecule has 0 aliphatic heterocycles. The van der Waals surface area contributed by atoms with Crippen molar-refractivity contribution in [3.63, 3.8) is 0 Å². The molecule has 0 spiro atoms. The summed E-state index contributed by atoms with van der Waals surface area (Å²) in [4.78, 5) is 36.4. The summed E-state index contributed by atoms with van der Waals surface area (Å²) in [7, 11) is 0. The molecule has 0 bridgehead atoms. The second-order valence-corrected chi connectivity index (χ2v) is 7.20. The fourth-order valence-electron chi connectivity index (χ4n) is 3.20. The summed E-state index contributed by atoms with van der Waals surface area (Å²) in [6, 6.07) is 18.0. The SMILES string of the molecule is CCCNC(=O)c1ccc(C(=O)O)c(NC(=O)C=C(C)c2ccc3ccccc3c2)c1. The number of amides is 2. The highest BCUT2D eigenvalue weighted by Gasteiger charge is 2.15. The number of carbonyl (C=O) groups is 3. The molecule has 3 rings (SSSR count). The zero-order chi connectivity index (χ0) is 22.4. The van der Waals surface area contributed by atoms with Gasteiger partial charge in [-0.1, -0.05) is 43.3 Å². The van der Waals surface area contributed by atoms with E-state index in [-0.39, 0.29) is 22.7 Å². The molecule has 0 radical (unpaired) electrons. The molecule has 3 aromatic rings. The van der Waals surface area contributed by atoms with Crippen LogP contribution in [0, 0.1) is 0 Å². The number of aromatic carboxylic acids is 1. The van der Waals surface area contributed by atoms with E-state index in [9.17, 15) is 19.5 Å². The molecule has 3 aromatic carbocycles. The number of benzene rings is 3. The molecule has 0 saturated heterocycles. The lowest BCUT2D eigenvalue weighted by Crippen LogP contribution is -2.24. The lowest BCUT2D eigenvalue weighted by Gasteiger charge is -2.11. The summed E-state index contributed by atoms with van der Waals surface area (Å²) in [5.41, 5.74) is 1.89. The summed E-state index contributed by atoms with van der Waals surface area (Å²) in [6.07, 6.45) is 2.20. The minimum Gasteiger partial charge on any atom is -0.478 e. The molecule has 0 unspecified atom stereocenters. The minimum atomic E-state index is -1.19. The smallest absolute Gasteiger partial charge is 0.337 e. The topological polar surface area (TPSA) is 95.5 Å². The van der Waals surface area contributed by atoms with Crippen molar-refractivity contribution < 1.29 is 19.5 Å². The summed E-state index contributed by atoms with van der Waals surface area (Å²) in [5.74, 6) is -1.98. The normalized spacial score (nSPS) is 11.2. The van der Waals surface area contributed by atoms with E-state index < -0.39 is 11.9 Å². The Morgan fingerprint density at radius 2 is 1.65 bits per heavy atom. The van der Waals surface area contributed by atoms with Gasteiger partial charge in [0.1, 0.15) is 0 Å². The molecule has 6 nitrogen and oxygen atoms in total.